The van der Waals surface area contributed by atoms with Crippen molar-refractivity contribution in [3.8, 4) is 0 Å². The Bertz CT molecular complexity index is 379. The number of carbonyl (C=O) groups is 1. The molecule has 16 heavy (non-hydrogen) atoms. The van der Waals surface area contributed by atoms with Crippen LogP contribution in [0.3, 0.4) is 0 Å². The lowest BCUT2D eigenvalue weighted by molar-refractivity contribution is -0.119. The van der Waals surface area contributed by atoms with Crippen molar-refractivity contribution in [1.29, 1.82) is 0 Å². The molecule has 1 aromatic carbocycles. The molecule has 1 rings (SSSR count). The number of hydrogen-bond donors (Lipinski definition) is 1. The van der Waals surface area contributed by atoms with Gasteiger partial charge in [0.1, 0.15) is 17.4 Å². The maximum absolute atomic E-state index is 13.2. The standard InChI is InChI=1S/C12H15F2NO/c1-8(7-15)4-11(16)5-9-2-3-10(13)6-12(9)14/h2-3,6,8H,4-5,7,15H2,1H3. The number of Topliss-reactive ketones (excluding diaryl/α,β-unsaturated/α-hetero) is 1. The highest BCUT2D eigenvalue weighted by atomic mass is 19.1. The van der Waals surface area contributed by atoms with Gasteiger partial charge in [-0.25, -0.2) is 8.78 Å². The van der Waals surface area contributed by atoms with E-state index in [1.807, 2.05) is 6.92 Å². The van der Waals surface area contributed by atoms with Gasteiger partial charge >= 0.3 is 0 Å². The predicted molar refractivity (Wildman–Crippen MR) is 57.9 cm³/mol. The molecule has 2 nitrogen and oxygen atoms in total. The molecule has 0 amide bonds. The van der Waals surface area contributed by atoms with Crippen LogP contribution in [-0.2, 0) is 11.2 Å². The first-order valence-electron chi connectivity index (χ1n) is 5.18. The zero-order chi connectivity index (χ0) is 12.1. The topological polar surface area (TPSA) is 43.1 Å². The van der Waals surface area contributed by atoms with Crippen LogP contribution < -0.4 is 5.73 Å². The highest BCUT2D eigenvalue weighted by Crippen LogP contribution is 2.12. The van der Waals surface area contributed by atoms with Crippen LogP contribution in [0.1, 0.15) is 18.9 Å². The van der Waals surface area contributed by atoms with Crippen molar-refractivity contribution in [1.82, 2.24) is 0 Å². The first kappa shape index (κ1) is 12.8. The van der Waals surface area contributed by atoms with Crippen molar-refractivity contribution in [3.05, 3.63) is 35.4 Å². The van der Waals surface area contributed by atoms with Crippen LogP contribution in [0, 0.1) is 17.6 Å². The van der Waals surface area contributed by atoms with Gasteiger partial charge in [0.05, 0.1) is 0 Å². The minimum atomic E-state index is -0.672. The molecule has 0 aliphatic heterocycles. The van der Waals surface area contributed by atoms with E-state index in [4.69, 9.17) is 5.73 Å². The molecule has 0 aliphatic rings. The smallest absolute Gasteiger partial charge is 0.137 e. The minimum Gasteiger partial charge on any atom is -0.330 e. The summed E-state index contributed by atoms with van der Waals surface area (Å²) in [4.78, 5) is 11.5. The predicted octanol–water partition coefficient (Wildman–Crippen LogP) is 2.06. The first-order valence-corrected chi connectivity index (χ1v) is 5.18. The zero-order valence-electron chi connectivity index (χ0n) is 9.17. The Kier molecular flexibility index (Phi) is 4.55. The lowest BCUT2D eigenvalue weighted by Crippen LogP contribution is -2.16. The Hall–Kier alpha value is -1.29. The SMILES string of the molecule is CC(CN)CC(=O)Cc1ccc(F)cc1F. The van der Waals surface area contributed by atoms with Crippen molar-refractivity contribution in [3.63, 3.8) is 0 Å². The molecular weight excluding hydrogens is 212 g/mol. The Morgan fingerprint density at radius 1 is 1.44 bits per heavy atom. The van der Waals surface area contributed by atoms with Gasteiger partial charge in [0, 0.05) is 18.9 Å². The summed E-state index contributed by atoms with van der Waals surface area (Å²) in [6.07, 6.45) is 0.323. The lowest BCUT2D eigenvalue weighted by Gasteiger charge is -2.07. The molecule has 2 N–H and O–H groups in total. The summed E-state index contributed by atoms with van der Waals surface area (Å²) >= 11 is 0. The number of benzene rings is 1. The fourth-order valence-corrected chi connectivity index (χ4v) is 1.42. The molecule has 1 aromatic rings. The van der Waals surface area contributed by atoms with Crippen LogP contribution in [0.4, 0.5) is 8.78 Å². The van der Waals surface area contributed by atoms with E-state index in [9.17, 15) is 13.6 Å². The van der Waals surface area contributed by atoms with Gasteiger partial charge in [-0.3, -0.25) is 4.79 Å². The molecule has 0 aromatic heterocycles. The number of hydrogen-bond acceptors (Lipinski definition) is 2. The summed E-state index contributed by atoms with van der Waals surface area (Å²) in [5.74, 6) is -1.29. The molecule has 1 unspecified atom stereocenters. The number of ketones is 1. The molecule has 0 saturated heterocycles. The third kappa shape index (κ3) is 3.70. The van der Waals surface area contributed by atoms with E-state index in [0.717, 1.165) is 12.1 Å². The van der Waals surface area contributed by atoms with Crippen LogP contribution in [0.5, 0.6) is 0 Å². The average Bonchev–Trinajstić information content (AvgIpc) is 2.22. The molecule has 1 atom stereocenters. The second kappa shape index (κ2) is 5.70. The van der Waals surface area contributed by atoms with Crippen LogP contribution in [0.25, 0.3) is 0 Å². The van der Waals surface area contributed by atoms with Crippen LogP contribution in [0.2, 0.25) is 0 Å². The van der Waals surface area contributed by atoms with Gasteiger partial charge in [0.2, 0.25) is 0 Å². The van der Waals surface area contributed by atoms with Gasteiger partial charge in [-0.2, -0.15) is 0 Å². The number of rotatable bonds is 5. The molecule has 0 radical (unpaired) electrons. The van der Waals surface area contributed by atoms with E-state index in [-0.39, 0.29) is 23.7 Å². The molecular formula is C12H15F2NO. The summed E-state index contributed by atoms with van der Waals surface area (Å²) in [5.41, 5.74) is 5.62. The van der Waals surface area contributed by atoms with E-state index in [2.05, 4.69) is 0 Å². The zero-order valence-corrected chi connectivity index (χ0v) is 9.17. The minimum absolute atomic E-state index is 0.00352. The Balaban J connectivity index is 2.63. The lowest BCUT2D eigenvalue weighted by atomic mass is 10.00. The molecule has 0 spiro atoms. The summed E-state index contributed by atoms with van der Waals surface area (Å²) in [5, 5.41) is 0. The molecule has 0 saturated carbocycles. The fraction of sp³-hybridized carbons (Fsp3) is 0.417. The van der Waals surface area contributed by atoms with E-state index >= 15 is 0 Å². The monoisotopic (exact) mass is 227 g/mol. The second-order valence-electron chi connectivity index (χ2n) is 4.00. The summed E-state index contributed by atoms with van der Waals surface area (Å²) in [6.45, 7) is 2.29. The third-order valence-electron chi connectivity index (χ3n) is 2.38. The fourth-order valence-electron chi connectivity index (χ4n) is 1.42. The molecule has 88 valence electrons. The van der Waals surface area contributed by atoms with E-state index < -0.39 is 11.6 Å². The molecule has 4 heteroatoms. The van der Waals surface area contributed by atoms with Crippen molar-refractivity contribution < 1.29 is 13.6 Å². The van der Waals surface area contributed by atoms with Crippen molar-refractivity contribution in [2.24, 2.45) is 11.7 Å². The van der Waals surface area contributed by atoms with Crippen molar-refractivity contribution in [2.75, 3.05) is 6.54 Å². The molecule has 0 aliphatic carbocycles. The number of nitrogens with two attached hydrogens (primary N) is 1. The van der Waals surface area contributed by atoms with Crippen molar-refractivity contribution >= 4 is 5.78 Å². The Morgan fingerprint density at radius 2 is 2.12 bits per heavy atom. The normalized spacial score (nSPS) is 12.5. The molecule has 0 heterocycles. The van der Waals surface area contributed by atoms with Gasteiger partial charge in [-0.15, -0.1) is 0 Å². The van der Waals surface area contributed by atoms with E-state index in [0.29, 0.717) is 13.0 Å². The summed E-state index contributed by atoms with van der Waals surface area (Å²) in [6, 6.07) is 3.24. The summed E-state index contributed by atoms with van der Waals surface area (Å²) in [7, 11) is 0. The van der Waals surface area contributed by atoms with Gasteiger partial charge in [0.15, 0.2) is 0 Å². The first-order chi connectivity index (χ1) is 7.52. The highest BCUT2D eigenvalue weighted by molar-refractivity contribution is 5.81. The average molecular weight is 227 g/mol. The highest BCUT2D eigenvalue weighted by Gasteiger charge is 2.11. The quantitative estimate of drug-likeness (QED) is 0.836. The maximum atomic E-state index is 13.2. The molecule has 0 bridgehead atoms. The third-order valence-corrected chi connectivity index (χ3v) is 2.38. The Morgan fingerprint density at radius 3 is 2.69 bits per heavy atom. The van der Waals surface area contributed by atoms with Gasteiger partial charge in [0.25, 0.3) is 0 Å². The van der Waals surface area contributed by atoms with Gasteiger partial charge < -0.3 is 5.73 Å². The molecule has 0 fully saturated rings. The van der Waals surface area contributed by atoms with Crippen LogP contribution in [0.15, 0.2) is 18.2 Å². The van der Waals surface area contributed by atoms with Crippen LogP contribution >= 0.6 is 0 Å². The number of carbonyl (C=O) groups excluding carboxylic acids is 1. The van der Waals surface area contributed by atoms with Crippen LogP contribution in [-0.4, -0.2) is 12.3 Å². The van der Waals surface area contributed by atoms with Gasteiger partial charge in [-0.05, 0) is 24.1 Å². The van der Waals surface area contributed by atoms with Gasteiger partial charge in [-0.1, -0.05) is 13.0 Å². The Labute approximate surface area is 93.5 Å². The largest absolute Gasteiger partial charge is 0.330 e. The maximum Gasteiger partial charge on any atom is 0.137 e. The summed E-state index contributed by atoms with van der Waals surface area (Å²) < 4.78 is 25.8. The van der Waals surface area contributed by atoms with E-state index in [1.54, 1.807) is 0 Å². The van der Waals surface area contributed by atoms with Crippen molar-refractivity contribution in [2.45, 2.75) is 19.8 Å². The second-order valence-corrected chi connectivity index (χ2v) is 4.00. The number of halogens is 2. The van der Waals surface area contributed by atoms with E-state index in [1.165, 1.54) is 6.07 Å².